The summed E-state index contributed by atoms with van der Waals surface area (Å²) in [5.41, 5.74) is 0.257. The maximum Gasteiger partial charge on any atom is 0.573 e. The zero-order chi connectivity index (χ0) is 33.8. The molecular weight excluding hydrogens is 597 g/mol. The van der Waals surface area contributed by atoms with Crippen LogP contribution in [0.4, 0.5) is 13.2 Å². The fraction of sp³-hybridized carbons (Fsp3) is 0.595. The molecule has 2 aromatic carbocycles. The van der Waals surface area contributed by atoms with E-state index in [1.54, 1.807) is 6.07 Å². The highest BCUT2D eigenvalue weighted by molar-refractivity contribution is 7.22. The van der Waals surface area contributed by atoms with Gasteiger partial charge in [0.2, 0.25) is 0 Å². The molecule has 0 amide bonds. The smallest absolute Gasteiger partial charge is 0.491 e. The van der Waals surface area contributed by atoms with Crippen LogP contribution < -0.4 is 9.47 Å². The Balaban J connectivity index is 1.76. The molecule has 0 saturated heterocycles. The first kappa shape index (κ1) is 36.7. The second kappa shape index (κ2) is 14.4. The Morgan fingerprint density at radius 1 is 0.889 bits per heavy atom. The van der Waals surface area contributed by atoms with Crippen LogP contribution in [0.15, 0.2) is 42.5 Å². The third kappa shape index (κ3) is 11.5. The summed E-state index contributed by atoms with van der Waals surface area (Å²) < 4.78 is 57.7. The third-order valence-corrected chi connectivity index (χ3v) is 8.87. The molecule has 0 aliphatic carbocycles. The SMILES string of the molecule is CCCCCc1ccc(-c2cc3ccc(OC(C)CC(C)(C)OC(=O)C(CC(C)(C)C)C(C)(C)C)cc3s2)c(OC(F)(F)F)c1. The number of ether oxygens (including phenoxy) is 3. The van der Waals surface area contributed by atoms with E-state index in [2.05, 4.69) is 53.2 Å². The topological polar surface area (TPSA) is 44.8 Å². The van der Waals surface area contributed by atoms with Crippen LogP contribution in [-0.4, -0.2) is 24.0 Å². The van der Waals surface area contributed by atoms with Crippen molar-refractivity contribution in [3.63, 3.8) is 0 Å². The Bertz CT molecular complexity index is 1430. The summed E-state index contributed by atoms with van der Waals surface area (Å²) in [5.74, 6) is 0.0396. The van der Waals surface area contributed by atoms with Gasteiger partial charge in [-0.3, -0.25) is 4.79 Å². The number of fused-ring (bicyclic) bond motifs is 1. The van der Waals surface area contributed by atoms with Gasteiger partial charge in [0.15, 0.2) is 0 Å². The molecule has 3 aromatic rings. The molecule has 0 fully saturated rings. The number of rotatable bonds is 13. The molecule has 2 unspecified atom stereocenters. The maximum absolute atomic E-state index is 13.3. The summed E-state index contributed by atoms with van der Waals surface area (Å²) in [6.45, 7) is 20.5. The van der Waals surface area contributed by atoms with Gasteiger partial charge in [-0.05, 0) is 98.2 Å². The summed E-state index contributed by atoms with van der Waals surface area (Å²) in [4.78, 5) is 14.0. The largest absolute Gasteiger partial charge is 0.573 e. The van der Waals surface area contributed by atoms with Gasteiger partial charge in [-0.15, -0.1) is 24.5 Å². The number of hydrogen-bond donors (Lipinski definition) is 0. The average Bonchev–Trinajstić information content (AvgIpc) is 3.28. The first-order valence-corrected chi connectivity index (χ1v) is 16.8. The van der Waals surface area contributed by atoms with Gasteiger partial charge in [-0.2, -0.15) is 0 Å². The van der Waals surface area contributed by atoms with E-state index in [1.165, 1.54) is 17.4 Å². The zero-order valence-corrected chi connectivity index (χ0v) is 29.4. The number of halogens is 3. The minimum absolute atomic E-state index is 0.0115. The lowest BCUT2D eigenvalue weighted by Gasteiger charge is -2.37. The van der Waals surface area contributed by atoms with Crippen molar-refractivity contribution in [1.29, 1.82) is 0 Å². The van der Waals surface area contributed by atoms with Crippen LogP contribution in [0.2, 0.25) is 0 Å². The minimum Gasteiger partial charge on any atom is -0.491 e. The zero-order valence-electron chi connectivity index (χ0n) is 28.6. The predicted molar refractivity (Wildman–Crippen MR) is 179 cm³/mol. The lowest BCUT2D eigenvalue weighted by Crippen LogP contribution is -2.40. The quantitative estimate of drug-likeness (QED) is 0.137. The van der Waals surface area contributed by atoms with E-state index in [-0.39, 0.29) is 34.6 Å². The van der Waals surface area contributed by atoms with Crippen LogP contribution in [0.5, 0.6) is 11.5 Å². The van der Waals surface area contributed by atoms with Crippen molar-refractivity contribution in [3.8, 4) is 21.9 Å². The number of aryl methyl sites for hydroxylation is 1. The first-order valence-electron chi connectivity index (χ1n) is 16.0. The van der Waals surface area contributed by atoms with E-state index < -0.39 is 12.0 Å². The molecule has 0 saturated carbocycles. The van der Waals surface area contributed by atoms with Crippen molar-refractivity contribution in [2.45, 2.75) is 126 Å². The Morgan fingerprint density at radius 3 is 2.18 bits per heavy atom. The van der Waals surface area contributed by atoms with Crippen molar-refractivity contribution >= 4 is 27.4 Å². The lowest BCUT2D eigenvalue weighted by atomic mass is 9.72. The van der Waals surface area contributed by atoms with Crippen molar-refractivity contribution in [2.24, 2.45) is 16.7 Å². The number of benzene rings is 2. The third-order valence-electron chi connectivity index (χ3n) is 7.74. The Labute approximate surface area is 271 Å². The van der Waals surface area contributed by atoms with Gasteiger partial charge >= 0.3 is 12.3 Å². The molecule has 0 radical (unpaired) electrons. The van der Waals surface area contributed by atoms with E-state index in [9.17, 15) is 18.0 Å². The molecular formula is C37H51F3O4S. The lowest BCUT2D eigenvalue weighted by molar-refractivity contribution is -0.274. The van der Waals surface area contributed by atoms with E-state index >= 15 is 0 Å². The van der Waals surface area contributed by atoms with Crippen LogP contribution in [0.25, 0.3) is 20.5 Å². The summed E-state index contributed by atoms with van der Waals surface area (Å²) in [6, 6.07) is 12.7. The Kier molecular flexibility index (Phi) is 11.7. The van der Waals surface area contributed by atoms with Gasteiger partial charge in [0.25, 0.3) is 0 Å². The second-order valence-corrected chi connectivity index (χ2v) is 16.2. The highest BCUT2D eigenvalue weighted by atomic mass is 32.1. The van der Waals surface area contributed by atoms with E-state index in [0.717, 1.165) is 41.3 Å². The number of unbranched alkanes of at least 4 members (excludes halogenated alkanes) is 2. The molecule has 250 valence electrons. The number of thiophene rings is 1. The highest BCUT2D eigenvalue weighted by Gasteiger charge is 2.39. The standard InChI is InChI=1S/C37H51F3O4S/c1-11-12-13-14-25-15-18-28(30(19-25)43-37(38,39)40)32-20-26-16-17-27(21-31(26)45-32)42-24(2)22-36(9,10)44-33(41)29(35(6,7)8)23-34(3,4)5/h15-21,24,29H,11-14,22-23H2,1-10H3. The van der Waals surface area contributed by atoms with Crippen LogP contribution in [-0.2, 0) is 16.0 Å². The maximum atomic E-state index is 13.3. The van der Waals surface area contributed by atoms with E-state index in [1.807, 2.05) is 51.1 Å². The summed E-state index contributed by atoms with van der Waals surface area (Å²) in [6.07, 6.45) is -0.141. The number of alkyl halides is 3. The molecule has 45 heavy (non-hydrogen) atoms. The summed E-state index contributed by atoms with van der Waals surface area (Å²) in [5, 5.41) is 0.904. The van der Waals surface area contributed by atoms with Crippen molar-refractivity contribution in [3.05, 3.63) is 48.0 Å². The van der Waals surface area contributed by atoms with Crippen molar-refractivity contribution in [1.82, 2.24) is 0 Å². The average molecular weight is 649 g/mol. The van der Waals surface area contributed by atoms with Crippen molar-refractivity contribution in [2.75, 3.05) is 0 Å². The minimum atomic E-state index is -4.78. The molecule has 0 spiro atoms. The fourth-order valence-electron chi connectivity index (χ4n) is 5.64. The van der Waals surface area contributed by atoms with Crippen LogP contribution in [0, 0.1) is 16.7 Å². The van der Waals surface area contributed by atoms with Gasteiger partial charge in [-0.1, -0.05) is 67.4 Å². The Morgan fingerprint density at radius 2 is 1.58 bits per heavy atom. The van der Waals surface area contributed by atoms with Gasteiger partial charge in [-0.25, -0.2) is 0 Å². The van der Waals surface area contributed by atoms with Gasteiger partial charge in [0, 0.05) is 21.6 Å². The molecule has 0 aliphatic heterocycles. The molecule has 0 bridgehead atoms. The highest BCUT2D eigenvalue weighted by Crippen LogP contribution is 2.42. The number of esters is 1. The Hall–Kier alpha value is -2.74. The van der Waals surface area contributed by atoms with Crippen LogP contribution in [0.1, 0.15) is 107 Å². The normalized spacial score (nSPS) is 14.3. The molecule has 0 N–H and O–H groups in total. The van der Waals surface area contributed by atoms with E-state index in [0.29, 0.717) is 29.0 Å². The van der Waals surface area contributed by atoms with Gasteiger partial charge in [0.05, 0.1) is 12.0 Å². The number of carbonyl (C=O) groups excluding carboxylic acids is 1. The number of carbonyl (C=O) groups is 1. The molecule has 1 aromatic heterocycles. The number of hydrogen-bond acceptors (Lipinski definition) is 5. The van der Waals surface area contributed by atoms with E-state index in [4.69, 9.17) is 9.47 Å². The monoisotopic (exact) mass is 648 g/mol. The van der Waals surface area contributed by atoms with Crippen LogP contribution in [0.3, 0.4) is 0 Å². The molecule has 0 aliphatic rings. The first-order chi connectivity index (χ1) is 20.7. The fourth-order valence-corrected chi connectivity index (χ4v) is 6.76. The molecule has 8 heteroatoms. The molecule has 3 rings (SSSR count). The summed E-state index contributed by atoms with van der Waals surface area (Å²) in [7, 11) is 0. The summed E-state index contributed by atoms with van der Waals surface area (Å²) >= 11 is 1.39. The molecule has 1 heterocycles. The molecule has 4 nitrogen and oxygen atoms in total. The van der Waals surface area contributed by atoms with Gasteiger partial charge in [0.1, 0.15) is 17.1 Å². The van der Waals surface area contributed by atoms with Crippen molar-refractivity contribution < 1.29 is 32.2 Å². The van der Waals surface area contributed by atoms with Crippen LogP contribution >= 0.6 is 11.3 Å². The molecule has 2 atom stereocenters. The second-order valence-electron chi connectivity index (χ2n) is 15.1. The predicted octanol–water partition coefficient (Wildman–Crippen LogP) is 11.8. The van der Waals surface area contributed by atoms with Gasteiger partial charge < -0.3 is 14.2 Å².